The zero-order valence-electron chi connectivity index (χ0n) is 12.7. The molecular formula is C19H14N4O. The van der Waals surface area contributed by atoms with Gasteiger partial charge in [0, 0.05) is 22.8 Å². The Kier molecular flexibility index (Phi) is 3.51. The van der Waals surface area contributed by atoms with Crippen LogP contribution in [0.1, 0.15) is 16.1 Å². The van der Waals surface area contributed by atoms with E-state index in [0.29, 0.717) is 11.3 Å². The summed E-state index contributed by atoms with van der Waals surface area (Å²) in [5.41, 5.74) is 3.38. The third kappa shape index (κ3) is 2.52. The molecule has 5 nitrogen and oxygen atoms in total. The normalized spacial score (nSPS) is 10.7. The van der Waals surface area contributed by atoms with Gasteiger partial charge in [0.2, 0.25) is 5.78 Å². The first kappa shape index (κ1) is 14.1. The van der Waals surface area contributed by atoms with Crippen LogP contribution in [0.2, 0.25) is 0 Å². The quantitative estimate of drug-likeness (QED) is 0.560. The third-order valence-electron chi connectivity index (χ3n) is 3.80. The summed E-state index contributed by atoms with van der Waals surface area (Å²) < 4.78 is 0. The minimum Gasteiger partial charge on any atom is -0.354 e. The molecule has 0 bridgehead atoms. The summed E-state index contributed by atoms with van der Waals surface area (Å²) in [5.74, 6) is -0.126. The zero-order chi connectivity index (χ0) is 16.4. The van der Waals surface area contributed by atoms with Gasteiger partial charge in [0.25, 0.3) is 0 Å². The lowest BCUT2D eigenvalue weighted by atomic mass is 10.0. The fraction of sp³-hybridized carbons (Fsp3) is 0. The minimum atomic E-state index is -0.126. The number of aromatic amines is 1. The van der Waals surface area contributed by atoms with E-state index < -0.39 is 0 Å². The topological polar surface area (TPSA) is 70.7 Å². The molecule has 116 valence electrons. The number of H-pyrrole nitrogens is 1. The summed E-state index contributed by atoms with van der Waals surface area (Å²) in [7, 11) is 0. The van der Waals surface area contributed by atoms with Crippen LogP contribution in [0, 0.1) is 0 Å². The Balaban J connectivity index is 1.75. The number of pyridine rings is 1. The molecule has 0 saturated heterocycles. The molecule has 0 fully saturated rings. The van der Waals surface area contributed by atoms with Crippen molar-refractivity contribution in [3.63, 3.8) is 0 Å². The first-order valence-corrected chi connectivity index (χ1v) is 7.57. The molecule has 2 heterocycles. The summed E-state index contributed by atoms with van der Waals surface area (Å²) in [5, 5.41) is 11.2. The van der Waals surface area contributed by atoms with Gasteiger partial charge < -0.3 is 5.32 Å². The van der Waals surface area contributed by atoms with Crippen LogP contribution in [0.3, 0.4) is 0 Å². The van der Waals surface area contributed by atoms with E-state index in [4.69, 9.17) is 0 Å². The Morgan fingerprint density at radius 3 is 2.67 bits per heavy atom. The molecule has 0 aliphatic heterocycles. The Morgan fingerprint density at radius 2 is 1.79 bits per heavy atom. The molecule has 0 aliphatic carbocycles. The third-order valence-corrected chi connectivity index (χ3v) is 3.80. The Morgan fingerprint density at radius 1 is 0.958 bits per heavy atom. The lowest BCUT2D eigenvalue weighted by Gasteiger charge is -2.10. The molecule has 2 aromatic heterocycles. The minimum absolute atomic E-state index is 0.126. The number of hydrogen-bond donors (Lipinski definition) is 2. The lowest BCUT2D eigenvalue weighted by molar-refractivity contribution is 0.103. The number of carbonyl (C=O) groups is 1. The molecule has 4 rings (SSSR count). The zero-order valence-corrected chi connectivity index (χ0v) is 12.7. The van der Waals surface area contributed by atoms with Gasteiger partial charge in [-0.05, 0) is 30.3 Å². The van der Waals surface area contributed by atoms with Crippen molar-refractivity contribution in [2.75, 3.05) is 5.32 Å². The average Bonchev–Trinajstić information content (AvgIpc) is 3.07. The highest BCUT2D eigenvalue weighted by Crippen LogP contribution is 2.25. The fourth-order valence-electron chi connectivity index (χ4n) is 2.65. The van der Waals surface area contributed by atoms with Crippen LogP contribution < -0.4 is 5.32 Å². The predicted molar refractivity (Wildman–Crippen MR) is 93.5 cm³/mol. The van der Waals surface area contributed by atoms with Gasteiger partial charge in [0.05, 0.1) is 17.4 Å². The number of para-hydroxylation sites is 2. The molecule has 4 aromatic rings. The standard InChI is InChI=1S/C19H14N4O/c24-19(18-14-7-1-4-10-17(14)22-23-18)15-8-2-3-9-16(15)21-13-6-5-11-20-12-13/h1-12,21H,(H,22,23). The van der Waals surface area contributed by atoms with Gasteiger partial charge in [-0.25, -0.2) is 0 Å². The largest absolute Gasteiger partial charge is 0.354 e. The summed E-state index contributed by atoms with van der Waals surface area (Å²) in [6.07, 6.45) is 3.42. The van der Waals surface area contributed by atoms with E-state index in [9.17, 15) is 4.79 Å². The maximum Gasteiger partial charge on any atom is 0.215 e. The van der Waals surface area contributed by atoms with Crippen molar-refractivity contribution in [2.45, 2.75) is 0 Å². The highest BCUT2D eigenvalue weighted by molar-refractivity contribution is 6.17. The van der Waals surface area contributed by atoms with Crippen LogP contribution in [-0.2, 0) is 0 Å². The molecule has 0 spiro atoms. The summed E-state index contributed by atoms with van der Waals surface area (Å²) in [6.45, 7) is 0. The van der Waals surface area contributed by atoms with Crippen LogP contribution in [0.25, 0.3) is 10.9 Å². The van der Waals surface area contributed by atoms with Gasteiger partial charge in [-0.15, -0.1) is 0 Å². The molecule has 0 unspecified atom stereocenters. The molecule has 2 aromatic carbocycles. The Bertz CT molecular complexity index is 1010. The van der Waals surface area contributed by atoms with Crippen LogP contribution in [-0.4, -0.2) is 21.0 Å². The second-order valence-corrected chi connectivity index (χ2v) is 5.36. The Hall–Kier alpha value is -3.47. The van der Waals surface area contributed by atoms with E-state index >= 15 is 0 Å². The number of carbonyl (C=O) groups excluding carboxylic acids is 1. The van der Waals surface area contributed by atoms with Crippen molar-refractivity contribution in [1.82, 2.24) is 15.2 Å². The number of ketones is 1. The van der Waals surface area contributed by atoms with Gasteiger partial charge in [-0.2, -0.15) is 5.10 Å². The molecule has 5 heteroatoms. The molecule has 2 N–H and O–H groups in total. The van der Waals surface area contributed by atoms with E-state index in [-0.39, 0.29) is 5.78 Å². The first-order valence-electron chi connectivity index (χ1n) is 7.57. The van der Waals surface area contributed by atoms with E-state index in [2.05, 4.69) is 20.5 Å². The van der Waals surface area contributed by atoms with Crippen molar-refractivity contribution in [3.8, 4) is 0 Å². The molecule has 0 atom stereocenters. The molecule has 0 saturated carbocycles. The number of benzene rings is 2. The van der Waals surface area contributed by atoms with E-state index in [0.717, 1.165) is 22.3 Å². The van der Waals surface area contributed by atoms with Gasteiger partial charge >= 0.3 is 0 Å². The molecule has 24 heavy (non-hydrogen) atoms. The van der Waals surface area contributed by atoms with Crippen LogP contribution in [0.15, 0.2) is 73.1 Å². The second kappa shape index (κ2) is 5.96. The Labute approximate surface area is 138 Å². The second-order valence-electron chi connectivity index (χ2n) is 5.36. The number of hydrogen-bond acceptors (Lipinski definition) is 4. The number of rotatable bonds is 4. The van der Waals surface area contributed by atoms with Crippen LogP contribution in [0.4, 0.5) is 11.4 Å². The van der Waals surface area contributed by atoms with E-state index in [1.165, 1.54) is 0 Å². The number of aromatic nitrogens is 3. The summed E-state index contributed by atoms with van der Waals surface area (Å²) in [4.78, 5) is 17.1. The smallest absolute Gasteiger partial charge is 0.215 e. The molecular weight excluding hydrogens is 300 g/mol. The van der Waals surface area contributed by atoms with Crippen molar-refractivity contribution in [2.24, 2.45) is 0 Å². The highest BCUT2D eigenvalue weighted by Gasteiger charge is 2.18. The number of fused-ring (bicyclic) bond motifs is 1. The fourth-order valence-corrected chi connectivity index (χ4v) is 2.65. The number of nitrogens with zero attached hydrogens (tertiary/aromatic N) is 2. The highest BCUT2D eigenvalue weighted by atomic mass is 16.1. The maximum absolute atomic E-state index is 13.0. The van der Waals surface area contributed by atoms with Gasteiger partial charge in [-0.3, -0.25) is 14.9 Å². The van der Waals surface area contributed by atoms with E-state index in [1.807, 2.05) is 54.6 Å². The van der Waals surface area contributed by atoms with Gasteiger partial charge in [0.1, 0.15) is 5.69 Å². The SMILES string of the molecule is O=C(c1ccccc1Nc1cccnc1)c1n[nH]c2ccccc12. The van der Waals surface area contributed by atoms with E-state index in [1.54, 1.807) is 18.5 Å². The monoisotopic (exact) mass is 314 g/mol. The van der Waals surface area contributed by atoms with Gasteiger partial charge in [0.15, 0.2) is 0 Å². The average molecular weight is 314 g/mol. The van der Waals surface area contributed by atoms with Crippen molar-refractivity contribution in [1.29, 1.82) is 0 Å². The first-order chi connectivity index (χ1) is 11.8. The van der Waals surface area contributed by atoms with Crippen LogP contribution >= 0.6 is 0 Å². The molecule has 0 amide bonds. The maximum atomic E-state index is 13.0. The van der Waals surface area contributed by atoms with Crippen LogP contribution in [0.5, 0.6) is 0 Å². The summed E-state index contributed by atoms with van der Waals surface area (Å²) in [6, 6.07) is 18.7. The predicted octanol–water partition coefficient (Wildman–Crippen LogP) is 3.93. The molecule has 0 aliphatic rings. The van der Waals surface area contributed by atoms with Gasteiger partial charge in [-0.1, -0.05) is 30.3 Å². The summed E-state index contributed by atoms with van der Waals surface area (Å²) >= 11 is 0. The molecule has 0 radical (unpaired) electrons. The number of anilines is 2. The van der Waals surface area contributed by atoms with Crippen molar-refractivity contribution < 1.29 is 4.79 Å². The number of nitrogens with one attached hydrogen (secondary N) is 2. The van der Waals surface area contributed by atoms with Crippen molar-refractivity contribution in [3.05, 3.63) is 84.3 Å². The lowest BCUT2D eigenvalue weighted by Crippen LogP contribution is -2.06. The van der Waals surface area contributed by atoms with Crippen molar-refractivity contribution >= 4 is 28.1 Å².